The number of rotatable bonds is 2. The third-order valence-electron chi connectivity index (χ3n) is 5.24. The summed E-state index contributed by atoms with van der Waals surface area (Å²) in [5, 5.41) is 2.21. The zero-order valence-corrected chi connectivity index (χ0v) is 14.2. The van der Waals surface area contributed by atoms with Gasteiger partial charge in [0.2, 0.25) is 11.8 Å². The first-order valence-electron chi connectivity index (χ1n) is 8.48. The number of amides is 4. The third-order valence-corrected chi connectivity index (χ3v) is 5.24. The number of nitrogens with zero attached hydrogens (tertiary/aromatic N) is 2. The monoisotopic (exact) mass is 341 g/mol. The highest BCUT2D eigenvalue weighted by atomic mass is 16.2. The lowest BCUT2D eigenvalue weighted by Crippen LogP contribution is -2.54. The Bertz CT molecular complexity index is 785. The first-order valence-corrected chi connectivity index (χ1v) is 8.48. The van der Waals surface area contributed by atoms with Gasteiger partial charge in [-0.3, -0.25) is 34.3 Å². The summed E-state index contributed by atoms with van der Waals surface area (Å²) in [4.78, 5) is 52.2. The third kappa shape index (κ3) is 2.38. The van der Waals surface area contributed by atoms with Crippen LogP contribution in [0.1, 0.15) is 58.5 Å². The molecular formula is C18H19N3O4. The standard InChI is InChI=1S/C18H19N3O4/c1-9(2)20-7-10-5-12-13(6-11(10)8-20)18(25)21(17(12)24)14-3-4-15(22)19-16(14)23/h5-6,9,14H,3-4,7-8H2,1-2H3,(H,19,22,23). The Morgan fingerprint density at radius 2 is 1.56 bits per heavy atom. The van der Waals surface area contributed by atoms with Gasteiger partial charge < -0.3 is 0 Å². The first-order chi connectivity index (χ1) is 11.9. The van der Waals surface area contributed by atoms with Gasteiger partial charge in [-0.25, -0.2) is 0 Å². The van der Waals surface area contributed by atoms with Crippen molar-refractivity contribution in [2.45, 2.75) is 51.9 Å². The van der Waals surface area contributed by atoms with Crippen LogP contribution >= 0.6 is 0 Å². The van der Waals surface area contributed by atoms with Crippen LogP contribution in [0.15, 0.2) is 12.1 Å². The molecule has 3 aliphatic heterocycles. The van der Waals surface area contributed by atoms with Gasteiger partial charge in [-0.1, -0.05) is 0 Å². The first kappa shape index (κ1) is 16.0. The smallest absolute Gasteiger partial charge is 0.262 e. The molecule has 0 bridgehead atoms. The summed E-state index contributed by atoms with van der Waals surface area (Å²) in [5.74, 6) is -1.84. The van der Waals surface area contributed by atoms with E-state index in [9.17, 15) is 19.2 Å². The number of nitrogens with one attached hydrogen (secondary N) is 1. The molecule has 7 nitrogen and oxygen atoms in total. The molecule has 0 radical (unpaired) electrons. The molecule has 25 heavy (non-hydrogen) atoms. The highest BCUT2D eigenvalue weighted by molar-refractivity contribution is 6.23. The van der Waals surface area contributed by atoms with Crippen molar-refractivity contribution < 1.29 is 19.2 Å². The molecule has 0 aromatic heterocycles. The van der Waals surface area contributed by atoms with E-state index in [2.05, 4.69) is 24.1 Å². The van der Waals surface area contributed by atoms with Crippen molar-refractivity contribution in [3.8, 4) is 0 Å². The van der Waals surface area contributed by atoms with Gasteiger partial charge in [0.15, 0.2) is 0 Å². The fourth-order valence-corrected chi connectivity index (χ4v) is 3.76. The van der Waals surface area contributed by atoms with Crippen molar-refractivity contribution in [2.24, 2.45) is 0 Å². The SMILES string of the molecule is CC(C)N1Cc2cc3c(cc2C1)C(=O)N(C1CCC(=O)NC1=O)C3=O. The molecule has 1 unspecified atom stereocenters. The molecular weight excluding hydrogens is 322 g/mol. The number of benzene rings is 1. The van der Waals surface area contributed by atoms with E-state index < -0.39 is 23.8 Å². The minimum absolute atomic E-state index is 0.129. The second kappa shape index (κ2) is 5.49. The number of imide groups is 2. The van der Waals surface area contributed by atoms with Crippen molar-refractivity contribution in [1.82, 2.24) is 15.1 Å². The Hall–Kier alpha value is -2.54. The van der Waals surface area contributed by atoms with E-state index in [1.54, 1.807) is 12.1 Å². The predicted octanol–water partition coefficient (Wildman–Crippen LogP) is 0.812. The second-order valence-corrected chi connectivity index (χ2v) is 7.11. The van der Waals surface area contributed by atoms with Gasteiger partial charge in [0.25, 0.3) is 11.8 Å². The van der Waals surface area contributed by atoms with Crippen LogP contribution in [-0.4, -0.2) is 45.5 Å². The molecule has 3 heterocycles. The maximum atomic E-state index is 12.8. The molecule has 1 N–H and O–H groups in total. The average Bonchev–Trinajstić information content (AvgIpc) is 3.07. The van der Waals surface area contributed by atoms with E-state index in [4.69, 9.17) is 0 Å². The Balaban J connectivity index is 1.66. The summed E-state index contributed by atoms with van der Waals surface area (Å²) >= 11 is 0. The molecule has 0 aliphatic carbocycles. The van der Waals surface area contributed by atoms with Gasteiger partial charge in [0, 0.05) is 25.6 Å². The molecule has 7 heteroatoms. The normalized spacial score (nSPS) is 23.3. The van der Waals surface area contributed by atoms with Crippen molar-refractivity contribution in [1.29, 1.82) is 0 Å². The molecule has 1 fully saturated rings. The highest BCUT2D eigenvalue weighted by Gasteiger charge is 2.45. The van der Waals surface area contributed by atoms with Gasteiger partial charge in [0.05, 0.1) is 11.1 Å². The molecule has 4 rings (SSSR count). The van der Waals surface area contributed by atoms with Crippen LogP contribution in [0.25, 0.3) is 0 Å². The minimum Gasteiger partial charge on any atom is -0.295 e. The average molecular weight is 341 g/mol. The second-order valence-electron chi connectivity index (χ2n) is 7.11. The summed E-state index contributed by atoms with van der Waals surface area (Å²) in [6.45, 7) is 5.72. The van der Waals surface area contributed by atoms with Crippen molar-refractivity contribution in [3.05, 3.63) is 34.4 Å². The molecule has 3 aliphatic rings. The van der Waals surface area contributed by atoms with E-state index in [1.807, 2.05) is 0 Å². The summed E-state index contributed by atoms with van der Waals surface area (Å²) in [5.41, 5.74) is 2.83. The lowest BCUT2D eigenvalue weighted by Gasteiger charge is -2.27. The Labute approximate surface area is 145 Å². The molecule has 0 saturated carbocycles. The maximum absolute atomic E-state index is 12.8. The largest absolute Gasteiger partial charge is 0.295 e. The molecule has 0 spiro atoms. The van der Waals surface area contributed by atoms with Gasteiger partial charge >= 0.3 is 0 Å². The van der Waals surface area contributed by atoms with Gasteiger partial charge in [-0.05, 0) is 43.5 Å². The fraction of sp³-hybridized carbons (Fsp3) is 0.444. The lowest BCUT2D eigenvalue weighted by atomic mass is 10.0. The number of carbonyl (C=O) groups excluding carboxylic acids is 4. The number of hydrogen-bond donors (Lipinski definition) is 1. The van der Waals surface area contributed by atoms with Crippen LogP contribution in [0, 0.1) is 0 Å². The molecule has 1 atom stereocenters. The van der Waals surface area contributed by atoms with Crippen LogP contribution in [0.2, 0.25) is 0 Å². The van der Waals surface area contributed by atoms with E-state index in [-0.39, 0.29) is 18.7 Å². The zero-order valence-electron chi connectivity index (χ0n) is 14.2. The summed E-state index contributed by atoms with van der Waals surface area (Å²) in [7, 11) is 0. The van der Waals surface area contributed by atoms with Crippen LogP contribution in [0.3, 0.4) is 0 Å². The van der Waals surface area contributed by atoms with Crippen LogP contribution < -0.4 is 5.32 Å². The molecule has 1 aromatic rings. The van der Waals surface area contributed by atoms with Gasteiger partial charge in [0.1, 0.15) is 6.04 Å². The lowest BCUT2D eigenvalue weighted by molar-refractivity contribution is -0.136. The van der Waals surface area contributed by atoms with Crippen LogP contribution in [0.4, 0.5) is 0 Å². The van der Waals surface area contributed by atoms with Crippen molar-refractivity contribution >= 4 is 23.6 Å². The van der Waals surface area contributed by atoms with Crippen LogP contribution in [-0.2, 0) is 22.7 Å². The van der Waals surface area contributed by atoms with Crippen molar-refractivity contribution in [2.75, 3.05) is 0 Å². The molecule has 130 valence electrons. The van der Waals surface area contributed by atoms with Crippen LogP contribution in [0.5, 0.6) is 0 Å². The van der Waals surface area contributed by atoms with E-state index >= 15 is 0 Å². The Morgan fingerprint density at radius 3 is 2.04 bits per heavy atom. The summed E-state index contributed by atoms with van der Waals surface area (Å²) in [6.07, 6.45) is 0.306. The molecule has 1 aromatic carbocycles. The molecule has 4 amide bonds. The van der Waals surface area contributed by atoms with Gasteiger partial charge in [-0.15, -0.1) is 0 Å². The highest BCUT2D eigenvalue weighted by Crippen LogP contribution is 2.33. The number of piperidine rings is 1. The number of fused-ring (bicyclic) bond motifs is 2. The van der Waals surface area contributed by atoms with E-state index in [0.29, 0.717) is 17.2 Å². The Morgan fingerprint density at radius 1 is 1.00 bits per heavy atom. The number of carbonyl (C=O) groups is 4. The predicted molar refractivity (Wildman–Crippen MR) is 87.5 cm³/mol. The minimum atomic E-state index is -0.910. The topological polar surface area (TPSA) is 86.8 Å². The molecule has 1 saturated heterocycles. The number of hydrogen-bond acceptors (Lipinski definition) is 5. The van der Waals surface area contributed by atoms with E-state index in [1.165, 1.54) is 0 Å². The van der Waals surface area contributed by atoms with Gasteiger partial charge in [-0.2, -0.15) is 0 Å². The quantitative estimate of drug-likeness (QED) is 0.805. The van der Waals surface area contributed by atoms with E-state index in [0.717, 1.165) is 29.1 Å². The summed E-state index contributed by atoms with van der Waals surface area (Å²) < 4.78 is 0. The van der Waals surface area contributed by atoms with Crippen molar-refractivity contribution in [3.63, 3.8) is 0 Å². The Kier molecular flexibility index (Phi) is 3.50. The fourth-order valence-electron chi connectivity index (χ4n) is 3.76. The maximum Gasteiger partial charge on any atom is 0.262 e. The zero-order chi connectivity index (χ0) is 17.9. The summed E-state index contributed by atoms with van der Waals surface area (Å²) in [6, 6.07) is 3.05.